The molecule has 0 radical (unpaired) electrons. The lowest BCUT2D eigenvalue weighted by molar-refractivity contribution is 0.594. The summed E-state index contributed by atoms with van der Waals surface area (Å²) in [5.41, 5.74) is 2.17. The van der Waals surface area contributed by atoms with Crippen molar-refractivity contribution in [1.29, 1.82) is 0 Å². The Hall–Kier alpha value is -1.64. The van der Waals surface area contributed by atoms with Gasteiger partial charge in [0.15, 0.2) is 0 Å². The molecule has 0 aliphatic carbocycles. The van der Waals surface area contributed by atoms with Crippen molar-refractivity contribution in [3.05, 3.63) is 47.8 Å². The highest BCUT2D eigenvalue weighted by Crippen LogP contribution is 2.28. The molecule has 3 nitrogen and oxygen atoms in total. The molecule has 90 valence electrons. The maximum absolute atomic E-state index is 4.51. The Morgan fingerprint density at radius 2 is 1.94 bits per heavy atom. The van der Waals surface area contributed by atoms with Gasteiger partial charge in [0.05, 0.1) is 0 Å². The summed E-state index contributed by atoms with van der Waals surface area (Å²) in [5.74, 6) is 1.44. The summed E-state index contributed by atoms with van der Waals surface area (Å²) in [6.45, 7) is 8.61. The highest BCUT2D eigenvalue weighted by atomic mass is 14.9. The van der Waals surface area contributed by atoms with Crippen LogP contribution in [-0.4, -0.2) is 15.0 Å². The molecule has 2 rings (SSSR count). The van der Waals surface area contributed by atoms with Gasteiger partial charge in [0, 0.05) is 29.7 Å². The molecular formula is C14H19N3. The maximum atomic E-state index is 4.51. The number of nitrogens with zero attached hydrogens (tertiary/aromatic N) is 2. The van der Waals surface area contributed by atoms with Gasteiger partial charge < -0.3 is 4.98 Å². The second-order valence-corrected chi connectivity index (χ2v) is 5.19. The van der Waals surface area contributed by atoms with E-state index < -0.39 is 0 Å². The minimum Gasteiger partial charge on any atom is -0.348 e. The molecule has 1 N–H and O–H groups in total. The van der Waals surface area contributed by atoms with Crippen molar-refractivity contribution in [2.45, 2.75) is 39.0 Å². The molecule has 0 aromatic carbocycles. The third-order valence-electron chi connectivity index (χ3n) is 3.19. The van der Waals surface area contributed by atoms with Crippen molar-refractivity contribution in [3.8, 4) is 0 Å². The van der Waals surface area contributed by atoms with Gasteiger partial charge in [-0.1, -0.05) is 19.9 Å². The van der Waals surface area contributed by atoms with E-state index in [1.54, 1.807) is 6.20 Å². The zero-order valence-corrected chi connectivity index (χ0v) is 10.9. The Bertz CT molecular complexity index is 467. The lowest BCUT2D eigenvalue weighted by Gasteiger charge is -2.22. The van der Waals surface area contributed by atoms with Crippen molar-refractivity contribution in [3.63, 3.8) is 0 Å². The molecule has 0 aliphatic heterocycles. The highest BCUT2D eigenvalue weighted by molar-refractivity contribution is 5.29. The number of rotatable bonds is 3. The summed E-state index contributed by atoms with van der Waals surface area (Å²) in [5, 5.41) is 0. The number of H-pyrrole nitrogens is 1. The summed E-state index contributed by atoms with van der Waals surface area (Å²) < 4.78 is 0. The van der Waals surface area contributed by atoms with Gasteiger partial charge in [-0.05, 0) is 31.4 Å². The number of nitrogens with one attached hydrogen (secondary N) is 1. The number of hydrogen-bond acceptors (Lipinski definition) is 2. The Kier molecular flexibility index (Phi) is 3.01. The third kappa shape index (κ3) is 2.23. The minimum absolute atomic E-state index is 0.133. The van der Waals surface area contributed by atoms with Gasteiger partial charge in [-0.2, -0.15) is 0 Å². The maximum Gasteiger partial charge on any atom is 0.116 e. The van der Waals surface area contributed by atoms with Gasteiger partial charge in [0.1, 0.15) is 5.82 Å². The van der Waals surface area contributed by atoms with Gasteiger partial charge >= 0.3 is 0 Å². The van der Waals surface area contributed by atoms with E-state index in [0.29, 0.717) is 5.92 Å². The fourth-order valence-electron chi connectivity index (χ4n) is 1.86. The molecule has 0 fully saturated rings. The van der Waals surface area contributed by atoms with Gasteiger partial charge in [-0.15, -0.1) is 0 Å². The molecule has 0 aliphatic rings. The van der Waals surface area contributed by atoms with Crippen molar-refractivity contribution in [2.24, 2.45) is 0 Å². The molecular weight excluding hydrogens is 210 g/mol. The average molecular weight is 229 g/mol. The van der Waals surface area contributed by atoms with Crippen LogP contribution in [0.4, 0.5) is 0 Å². The molecule has 0 unspecified atom stereocenters. The second-order valence-electron chi connectivity index (χ2n) is 5.19. The fraction of sp³-hybridized carbons (Fsp3) is 0.429. The molecule has 0 saturated heterocycles. The lowest BCUT2D eigenvalue weighted by Crippen LogP contribution is -2.21. The van der Waals surface area contributed by atoms with Crippen molar-refractivity contribution >= 4 is 0 Å². The monoisotopic (exact) mass is 229 g/mol. The summed E-state index contributed by atoms with van der Waals surface area (Å²) >= 11 is 0. The number of aromatic nitrogens is 3. The lowest BCUT2D eigenvalue weighted by atomic mass is 9.84. The molecule has 2 aromatic rings. The van der Waals surface area contributed by atoms with Gasteiger partial charge in [-0.25, -0.2) is 4.98 Å². The van der Waals surface area contributed by atoms with Crippen LogP contribution in [0.2, 0.25) is 0 Å². The van der Waals surface area contributed by atoms with E-state index in [0.717, 1.165) is 11.5 Å². The first-order valence-electron chi connectivity index (χ1n) is 5.98. The summed E-state index contributed by atoms with van der Waals surface area (Å²) in [6.07, 6.45) is 5.60. The van der Waals surface area contributed by atoms with Crippen LogP contribution in [-0.2, 0) is 5.41 Å². The Morgan fingerprint density at radius 1 is 1.18 bits per heavy atom. The van der Waals surface area contributed by atoms with Crippen LogP contribution in [0, 0.1) is 0 Å². The van der Waals surface area contributed by atoms with E-state index in [9.17, 15) is 0 Å². The van der Waals surface area contributed by atoms with Crippen LogP contribution in [0.25, 0.3) is 0 Å². The molecule has 0 saturated carbocycles. The van der Waals surface area contributed by atoms with E-state index >= 15 is 0 Å². The smallest absolute Gasteiger partial charge is 0.116 e. The molecule has 2 aromatic heterocycles. The van der Waals surface area contributed by atoms with E-state index in [2.05, 4.69) is 54.8 Å². The zero-order chi connectivity index (χ0) is 12.5. The van der Waals surface area contributed by atoms with Crippen LogP contribution in [0.15, 0.2) is 30.7 Å². The molecule has 0 bridgehead atoms. The highest BCUT2D eigenvalue weighted by Gasteiger charge is 2.25. The molecule has 0 atom stereocenters. The SMILES string of the molecule is CC(C)c1ccc(C(C)(C)c2ncc[nH]2)cn1. The Balaban J connectivity index is 2.34. The topological polar surface area (TPSA) is 41.6 Å². The Morgan fingerprint density at radius 3 is 2.41 bits per heavy atom. The first kappa shape index (κ1) is 11.8. The fourth-order valence-corrected chi connectivity index (χ4v) is 1.86. The summed E-state index contributed by atoms with van der Waals surface area (Å²) in [7, 11) is 0. The standard InChI is InChI=1S/C14H19N3/c1-10(2)12-6-5-11(9-17-12)14(3,4)13-15-7-8-16-13/h5-10H,1-4H3,(H,15,16). The molecule has 0 amide bonds. The van der Waals surface area contributed by atoms with Crippen molar-refractivity contribution in [2.75, 3.05) is 0 Å². The summed E-state index contributed by atoms with van der Waals surface area (Å²) in [4.78, 5) is 12.0. The minimum atomic E-state index is -0.133. The van der Waals surface area contributed by atoms with Crippen LogP contribution >= 0.6 is 0 Å². The van der Waals surface area contributed by atoms with E-state index in [1.807, 2.05) is 12.4 Å². The second kappa shape index (κ2) is 4.32. The molecule has 3 heteroatoms. The van der Waals surface area contributed by atoms with Crippen LogP contribution in [0.5, 0.6) is 0 Å². The van der Waals surface area contributed by atoms with Crippen LogP contribution < -0.4 is 0 Å². The zero-order valence-electron chi connectivity index (χ0n) is 10.9. The van der Waals surface area contributed by atoms with Crippen LogP contribution in [0.3, 0.4) is 0 Å². The predicted octanol–water partition coefficient (Wildman–Crippen LogP) is 3.25. The van der Waals surface area contributed by atoms with Crippen LogP contribution in [0.1, 0.15) is 50.7 Å². The van der Waals surface area contributed by atoms with E-state index in [1.165, 1.54) is 5.56 Å². The number of aromatic amines is 1. The van der Waals surface area contributed by atoms with E-state index in [-0.39, 0.29) is 5.41 Å². The summed E-state index contributed by atoms with van der Waals surface area (Å²) in [6, 6.07) is 4.25. The van der Waals surface area contributed by atoms with Crippen molar-refractivity contribution < 1.29 is 0 Å². The number of imidazole rings is 1. The van der Waals surface area contributed by atoms with Crippen molar-refractivity contribution in [1.82, 2.24) is 15.0 Å². The van der Waals surface area contributed by atoms with Gasteiger partial charge in [-0.3, -0.25) is 4.98 Å². The normalized spacial score (nSPS) is 12.1. The average Bonchev–Trinajstić information content (AvgIpc) is 2.83. The van der Waals surface area contributed by atoms with E-state index in [4.69, 9.17) is 0 Å². The first-order chi connectivity index (χ1) is 8.01. The number of pyridine rings is 1. The quantitative estimate of drug-likeness (QED) is 0.877. The molecule has 0 spiro atoms. The predicted molar refractivity (Wildman–Crippen MR) is 69.0 cm³/mol. The third-order valence-corrected chi connectivity index (χ3v) is 3.19. The van der Waals surface area contributed by atoms with Gasteiger partial charge in [0.25, 0.3) is 0 Å². The number of hydrogen-bond donors (Lipinski definition) is 1. The molecule has 17 heavy (non-hydrogen) atoms. The largest absolute Gasteiger partial charge is 0.348 e. The molecule has 2 heterocycles. The Labute approximate surface area is 102 Å². The first-order valence-corrected chi connectivity index (χ1v) is 5.98. The van der Waals surface area contributed by atoms with Gasteiger partial charge in [0.2, 0.25) is 0 Å².